The molecule has 0 radical (unpaired) electrons. The molecule has 98 valence electrons. The van der Waals surface area contributed by atoms with Crippen molar-refractivity contribution in [1.29, 1.82) is 0 Å². The lowest BCUT2D eigenvalue weighted by molar-refractivity contribution is 0.00783. The third kappa shape index (κ3) is 8.25. The fourth-order valence-electron chi connectivity index (χ4n) is 1.79. The molecule has 0 fully saturated rings. The summed E-state index contributed by atoms with van der Waals surface area (Å²) in [6, 6.07) is 0.821. The van der Waals surface area contributed by atoms with Crippen LogP contribution in [-0.2, 0) is 15.5 Å². The van der Waals surface area contributed by atoms with Gasteiger partial charge in [0.15, 0.2) is 0 Å². The monoisotopic (exact) mass is 249 g/mol. The molecule has 0 aliphatic carbocycles. The maximum absolute atomic E-state index is 11.0. The summed E-state index contributed by atoms with van der Waals surface area (Å²) in [5, 5.41) is 3.51. The Labute approximate surface area is 103 Å². The van der Waals surface area contributed by atoms with Gasteiger partial charge in [-0.2, -0.15) is 0 Å². The van der Waals surface area contributed by atoms with Gasteiger partial charge < -0.3 is 10.1 Å². The summed E-state index contributed by atoms with van der Waals surface area (Å²) < 4.78 is 16.4. The van der Waals surface area contributed by atoms with Crippen LogP contribution in [0.4, 0.5) is 0 Å². The van der Waals surface area contributed by atoms with Gasteiger partial charge >= 0.3 is 0 Å². The highest BCUT2D eigenvalue weighted by molar-refractivity contribution is 7.84. The smallest absolute Gasteiger partial charge is 0.0637 e. The second kappa shape index (κ2) is 7.41. The van der Waals surface area contributed by atoms with Crippen LogP contribution in [0.3, 0.4) is 0 Å². The minimum absolute atomic E-state index is 0.0836. The quantitative estimate of drug-likeness (QED) is 0.714. The summed E-state index contributed by atoms with van der Waals surface area (Å²) in [7, 11) is 1.06. The Morgan fingerprint density at radius 3 is 2.31 bits per heavy atom. The molecule has 0 amide bonds. The van der Waals surface area contributed by atoms with E-state index in [4.69, 9.17) is 4.74 Å². The fourth-order valence-corrected chi connectivity index (χ4v) is 2.48. The van der Waals surface area contributed by atoms with Crippen molar-refractivity contribution in [2.75, 3.05) is 19.1 Å². The van der Waals surface area contributed by atoms with E-state index < -0.39 is 10.8 Å². The number of hydrogen-bond donors (Lipinski definition) is 1. The van der Waals surface area contributed by atoms with Gasteiger partial charge in [-0.3, -0.25) is 4.21 Å². The molecule has 0 aliphatic heterocycles. The number of ether oxygens (including phenoxy) is 1. The predicted octanol–water partition coefficient (Wildman–Crippen LogP) is 1.94. The molecule has 0 aromatic carbocycles. The van der Waals surface area contributed by atoms with Gasteiger partial charge in [-0.1, -0.05) is 0 Å². The van der Waals surface area contributed by atoms with Crippen molar-refractivity contribution < 1.29 is 8.95 Å². The molecule has 0 aliphatic rings. The van der Waals surface area contributed by atoms with E-state index in [2.05, 4.69) is 33.0 Å². The Morgan fingerprint density at radius 2 is 1.88 bits per heavy atom. The molecule has 0 rings (SSSR count). The predicted molar refractivity (Wildman–Crippen MR) is 71.3 cm³/mol. The SMILES string of the molecule is COC(C)(C)CC(C)NC(C)CCS(C)=O. The number of hydrogen-bond acceptors (Lipinski definition) is 3. The molecular weight excluding hydrogens is 222 g/mol. The van der Waals surface area contributed by atoms with Crippen molar-refractivity contribution in [3.05, 3.63) is 0 Å². The average Bonchev–Trinajstić information content (AvgIpc) is 2.13. The zero-order valence-electron chi connectivity index (χ0n) is 11.5. The van der Waals surface area contributed by atoms with Gasteiger partial charge in [-0.05, 0) is 40.5 Å². The molecule has 0 saturated carbocycles. The summed E-state index contributed by atoms with van der Waals surface area (Å²) in [5.74, 6) is 0.772. The van der Waals surface area contributed by atoms with Crippen LogP contribution in [0.5, 0.6) is 0 Å². The maximum Gasteiger partial charge on any atom is 0.0637 e. The zero-order chi connectivity index (χ0) is 12.8. The molecule has 3 unspecified atom stereocenters. The van der Waals surface area contributed by atoms with E-state index in [0.29, 0.717) is 12.1 Å². The van der Waals surface area contributed by atoms with Crippen LogP contribution in [0.1, 0.15) is 40.5 Å². The van der Waals surface area contributed by atoms with Crippen LogP contribution < -0.4 is 5.32 Å². The van der Waals surface area contributed by atoms with E-state index in [1.54, 1.807) is 13.4 Å². The number of rotatable bonds is 8. The van der Waals surface area contributed by atoms with Crippen LogP contribution in [0.15, 0.2) is 0 Å². The molecule has 0 heterocycles. The molecule has 0 aromatic heterocycles. The second-order valence-corrected chi connectivity index (χ2v) is 6.76. The Kier molecular flexibility index (Phi) is 7.44. The molecule has 0 aromatic rings. The minimum Gasteiger partial charge on any atom is -0.379 e. The highest BCUT2D eigenvalue weighted by Gasteiger charge is 2.20. The first-order valence-corrected chi connectivity index (χ1v) is 7.61. The summed E-state index contributed by atoms with van der Waals surface area (Å²) >= 11 is 0. The molecule has 0 bridgehead atoms. The Hall–Kier alpha value is 0.0700. The van der Waals surface area contributed by atoms with E-state index >= 15 is 0 Å². The van der Waals surface area contributed by atoms with E-state index in [9.17, 15) is 4.21 Å². The van der Waals surface area contributed by atoms with Crippen molar-refractivity contribution in [2.45, 2.75) is 58.2 Å². The molecule has 0 saturated heterocycles. The van der Waals surface area contributed by atoms with Crippen molar-refractivity contribution in [1.82, 2.24) is 5.32 Å². The van der Waals surface area contributed by atoms with Crippen molar-refractivity contribution in [2.24, 2.45) is 0 Å². The molecule has 3 nitrogen and oxygen atoms in total. The lowest BCUT2D eigenvalue weighted by Crippen LogP contribution is -2.40. The first-order valence-electron chi connectivity index (χ1n) is 5.88. The first-order chi connectivity index (χ1) is 7.26. The summed E-state index contributed by atoms with van der Waals surface area (Å²) in [4.78, 5) is 0. The van der Waals surface area contributed by atoms with Crippen molar-refractivity contribution in [3.63, 3.8) is 0 Å². The number of nitrogens with one attached hydrogen (secondary N) is 1. The lowest BCUT2D eigenvalue weighted by atomic mass is 9.99. The van der Waals surface area contributed by atoms with Gasteiger partial charge in [0.1, 0.15) is 0 Å². The van der Waals surface area contributed by atoms with E-state index in [0.717, 1.165) is 18.6 Å². The standard InChI is InChI=1S/C12H27NO2S/c1-10(7-8-16(6)14)13-11(2)9-12(3,4)15-5/h10-11,13H,7-9H2,1-6H3. The van der Waals surface area contributed by atoms with Crippen LogP contribution in [-0.4, -0.2) is 41.0 Å². The Balaban J connectivity index is 3.86. The molecule has 0 spiro atoms. The zero-order valence-corrected chi connectivity index (χ0v) is 12.3. The van der Waals surface area contributed by atoms with Crippen LogP contribution in [0.2, 0.25) is 0 Å². The molecule has 1 N–H and O–H groups in total. The van der Waals surface area contributed by atoms with Crippen molar-refractivity contribution >= 4 is 10.8 Å². The number of methoxy groups -OCH3 is 1. The highest BCUT2D eigenvalue weighted by atomic mass is 32.2. The normalized spacial score (nSPS) is 18.1. The lowest BCUT2D eigenvalue weighted by Gasteiger charge is -2.29. The van der Waals surface area contributed by atoms with Gasteiger partial charge in [-0.25, -0.2) is 0 Å². The van der Waals surface area contributed by atoms with Gasteiger partial charge in [0, 0.05) is 42.0 Å². The third-order valence-electron chi connectivity index (χ3n) is 2.76. The first kappa shape index (κ1) is 16.1. The highest BCUT2D eigenvalue weighted by Crippen LogP contribution is 2.15. The van der Waals surface area contributed by atoms with Crippen molar-refractivity contribution in [3.8, 4) is 0 Å². The molecule has 16 heavy (non-hydrogen) atoms. The van der Waals surface area contributed by atoms with E-state index in [1.807, 2.05) is 0 Å². The van der Waals surface area contributed by atoms with Gasteiger partial charge in [0.05, 0.1) is 5.60 Å². The molecule has 4 heteroatoms. The molecule has 3 atom stereocenters. The fraction of sp³-hybridized carbons (Fsp3) is 1.00. The van der Waals surface area contributed by atoms with Gasteiger partial charge in [-0.15, -0.1) is 0 Å². The van der Waals surface area contributed by atoms with Crippen LogP contribution >= 0.6 is 0 Å². The molecular formula is C12H27NO2S. The van der Waals surface area contributed by atoms with Gasteiger partial charge in [0.25, 0.3) is 0 Å². The topological polar surface area (TPSA) is 38.3 Å². The van der Waals surface area contributed by atoms with Crippen LogP contribution in [0.25, 0.3) is 0 Å². The maximum atomic E-state index is 11.0. The average molecular weight is 249 g/mol. The summed E-state index contributed by atoms with van der Waals surface area (Å²) in [6.45, 7) is 8.50. The minimum atomic E-state index is -0.686. The Morgan fingerprint density at radius 1 is 1.31 bits per heavy atom. The van der Waals surface area contributed by atoms with E-state index in [1.165, 1.54) is 0 Å². The third-order valence-corrected chi connectivity index (χ3v) is 3.57. The summed E-state index contributed by atoms with van der Waals surface area (Å²) in [6.07, 6.45) is 3.69. The summed E-state index contributed by atoms with van der Waals surface area (Å²) in [5.41, 5.74) is -0.0836. The Bertz CT molecular complexity index is 219. The second-order valence-electron chi connectivity index (χ2n) is 5.20. The van der Waals surface area contributed by atoms with Gasteiger partial charge in [0.2, 0.25) is 0 Å². The van der Waals surface area contributed by atoms with E-state index in [-0.39, 0.29) is 5.60 Å². The van der Waals surface area contributed by atoms with Crippen LogP contribution in [0, 0.1) is 0 Å². The largest absolute Gasteiger partial charge is 0.379 e.